The summed E-state index contributed by atoms with van der Waals surface area (Å²) in [5, 5.41) is 11.6. The van der Waals surface area contributed by atoms with Crippen molar-refractivity contribution in [1.82, 2.24) is 10.3 Å². The average molecular weight is 250 g/mol. The Balaban J connectivity index is 2.05. The molecule has 2 N–H and O–H groups in total. The molecule has 0 saturated carbocycles. The zero-order chi connectivity index (χ0) is 13.1. The van der Waals surface area contributed by atoms with E-state index in [0.717, 1.165) is 5.69 Å². The predicted octanol–water partition coefficient (Wildman–Crippen LogP) is 0.362. The summed E-state index contributed by atoms with van der Waals surface area (Å²) in [5.74, 6) is -1.43. The summed E-state index contributed by atoms with van der Waals surface area (Å²) in [6.07, 6.45) is -0.479. The number of aromatic nitrogens is 1. The van der Waals surface area contributed by atoms with Crippen LogP contribution < -0.4 is 5.32 Å². The second-order valence-corrected chi connectivity index (χ2v) is 4.16. The van der Waals surface area contributed by atoms with Crippen LogP contribution in [0.25, 0.3) is 0 Å². The Kier molecular flexibility index (Phi) is 3.57. The molecule has 6 heteroatoms. The largest absolute Gasteiger partial charge is 0.479 e. The highest BCUT2D eigenvalue weighted by atomic mass is 16.5. The summed E-state index contributed by atoms with van der Waals surface area (Å²) in [6.45, 7) is 2.12. The van der Waals surface area contributed by atoms with Gasteiger partial charge in [0.25, 0.3) is 5.91 Å². The van der Waals surface area contributed by atoms with Crippen molar-refractivity contribution in [2.24, 2.45) is 0 Å². The van der Waals surface area contributed by atoms with Crippen LogP contribution >= 0.6 is 0 Å². The molecule has 0 spiro atoms. The van der Waals surface area contributed by atoms with Gasteiger partial charge in [-0.1, -0.05) is 6.07 Å². The summed E-state index contributed by atoms with van der Waals surface area (Å²) in [4.78, 5) is 26.9. The number of rotatable bonds is 3. The first kappa shape index (κ1) is 12.5. The molecule has 0 bridgehead atoms. The number of hydrogen-bond donors (Lipinski definition) is 2. The van der Waals surface area contributed by atoms with E-state index in [1.165, 1.54) is 0 Å². The Morgan fingerprint density at radius 1 is 1.50 bits per heavy atom. The van der Waals surface area contributed by atoms with Gasteiger partial charge in [-0.2, -0.15) is 0 Å². The maximum absolute atomic E-state index is 11.9. The minimum Gasteiger partial charge on any atom is -0.479 e. The van der Waals surface area contributed by atoms with Crippen LogP contribution in [0.2, 0.25) is 0 Å². The number of aliphatic carboxylic acids is 1. The quantitative estimate of drug-likeness (QED) is 0.808. The third-order valence-corrected chi connectivity index (χ3v) is 2.77. The summed E-state index contributed by atoms with van der Waals surface area (Å²) >= 11 is 0. The smallest absolute Gasteiger partial charge is 0.334 e. The van der Waals surface area contributed by atoms with Crippen molar-refractivity contribution in [2.75, 3.05) is 6.61 Å². The van der Waals surface area contributed by atoms with Gasteiger partial charge in [0.2, 0.25) is 0 Å². The van der Waals surface area contributed by atoms with Gasteiger partial charge < -0.3 is 15.2 Å². The highest BCUT2D eigenvalue weighted by molar-refractivity contribution is 5.93. The first-order valence-corrected chi connectivity index (χ1v) is 5.67. The molecule has 2 rings (SSSR count). The summed E-state index contributed by atoms with van der Waals surface area (Å²) < 4.78 is 5.05. The highest BCUT2D eigenvalue weighted by Crippen LogP contribution is 2.14. The van der Waals surface area contributed by atoms with E-state index in [4.69, 9.17) is 9.84 Å². The number of pyridine rings is 1. The molecule has 1 aliphatic heterocycles. The summed E-state index contributed by atoms with van der Waals surface area (Å²) in [5.41, 5.74) is 1.02. The standard InChI is InChI=1S/C12H14N2O4/c1-7-3-2-4-9(13-7)11(15)14-8-5-6-18-10(8)12(16)17/h2-4,8,10H,5-6H2,1H3,(H,14,15)(H,16,17)/t8-,10+/m1/s1. The van der Waals surface area contributed by atoms with E-state index < -0.39 is 18.1 Å². The average Bonchev–Trinajstić information content (AvgIpc) is 2.77. The first-order valence-electron chi connectivity index (χ1n) is 5.67. The van der Waals surface area contributed by atoms with Crippen molar-refractivity contribution in [3.05, 3.63) is 29.6 Å². The van der Waals surface area contributed by atoms with Crippen LogP contribution in [0.4, 0.5) is 0 Å². The molecule has 1 aromatic heterocycles. The molecule has 1 aliphatic rings. The molecule has 96 valence electrons. The van der Waals surface area contributed by atoms with Crippen LogP contribution in [-0.4, -0.2) is 40.7 Å². The van der Waals surface area contributed by atoms with Gasteiger partial charge in [-0.05, 0) is 25.5 Å². The van der Waals surface area contributed by atoms with Gasteiger partial charge in [-0.3, -0.25) is 4.79 Å². The lowest BCUT2D eigenvalue weighted by molar-refractivity contribution is -0.148. The van der Waals surface area contributed by atoms with Gasteiger partial charge in [0.1, 0.15) is 5.69 Å². The second kappa shape index (κ2) is 5.14. The van der Waals surface area contributed by atoms with Crippen molar-refractivity contribution in [3.63, 3.8) is 0 Å². The molecule has 0 aromatic carbocycles. The molecule has 1 aromatic rings. The number of ether oxygens (including phenoxy) is 1. The third kappa shape index (κ3) is 2.65. The Bertz CT molecular complexity index is 475. The van der Waals surface area contributed by atoms with Gasteiger partial charge in [-0.25, -0.2) is 9.78 Å². The van der Waals surface area contributed by atoms with Gasteiger partial charge in [0.05, 0.1) is 6.04 Å². The third-order valence-electron chi connectivity index (χ3n) is 2.77. The number of carboxylic acid groups (broad SMARTS) is 1. The molecule has 1 fully saturated rings. The zero-order valence-corrected chi connectivity index (χ0v) is 9.92. The molecule has 0 unspecified atom stereocenters. The molecule has 6 nitrogen and oxygen atoms in total. The van der Waals surface area contributed by atoms with E-state index in [1.54, 1.807) is 25.1 Å². The van der Waals surface area contributed by atoms with Crippen LogP contribution in [0.15, 0.2) is 18.2 Å². The Labute approximate surface area is 104 Å². The van der Waals surface area contributed by atoms with E-state index in [2.05, 4.69) is 10.3 Å². The van der Waals surface area contributed by atoms with E-state index >= 15 is 0 Å². The molecule has 2 atom stereocenters. The molecular formula is C12H14N2O4. The Hall–Kier alpha value is -1.95. The number of hydrogen-bond acceptors (Lipinski definition) is 4. The maximum atomic E-state index is 11.9. The maximum Gasteiger partial charge on any atom is 0.334 e. The highest BCUT2D eigenvalue weighted by Gasteiger charge is 2.35. The molecule has 0 radical (unpaired) electrons. The SMILES string of the molecule is Cc1cccc(C(=O)N[C@@H]2CCO[C@@H]2C(=O)O)n1. The van der Waals surface area contributed by atoms with Crippen LogP contribution in [0.5, 0.6) is 0 Å². The number of nitrogens with zero attached hydrogens (tertiary/aromatic N) is 1. The Morgan fingerprint density at radius 3 is 2.94 bits per heavy atom. The minimum absolute atomic E-state index is 0.283. The monoisotopic (exact) mass is 250 g/mol. The Morgan fingerprint density at radius 2 is 2.28 bits per heavy atom. The van der Waals surface area contributed by atoms with Gasteiger partial charge >= 0.3 is 5.97 Å². The van der Waals surface area contributed by atoms with Crippen LogP contribution in [0.3, 0.4) is 0 Å². The molecule has 1 amide bonds. The first-order chi connectivity index (χ1) is 8.58. The number of carbonyl (C=O) groups is 2. The summed E-state index contributed by atoms with van der Waals surface area (Å²) in [7, 11) is 0. The fourth-order valence-corrected chi connectivity index (χ4v) is 1.89. The van der Waals surface area contributed by atoms with Crippen LogP contribution in [0, 0.1) is 6.92 Å². The van der Waals surface area contributed by atoms with Gasteiger partial charge in [0.15, 0.2) is 6.10 Å². The van der Waals surface area contributed by atoms with Crippen LogP contribution in [-0.2, 0) is 9.53 Å². The van der Waals surface area contributed by atoms with E-state index in [-0.39, 0.29) is 11.6 Å². The topological polar surface area (TPSA) is 88.5 Å². The molecule has 2 heterocycles. The molecule has 1 saturated heterocycles. The van der Waals surface area contributed by atoms with E-state index in [0.29, 0.717) is 13.0 Å². The lowest BCUT2D eigenvalue weighted by Crippen LogP contribution is -2.44. The van der Waals surface area contributed by atoms with E-state index in [1.807, 2.05) is 0 Å². The number of carboxylic acids is 1. The lowest BCUT2D eigenvalue weighted by Gasteiger charge is -2.15. The number of aryl methyl sites for hydroxylation is 1. The van der Waals surface area contributed by atoms with Crippen molar-refractivity contribution in [2.45, 2.75) is 25.5 Å². The fraction of sp³-hybridized carbons (Fsp3) is 0.417. The second-order valence-electron chi connectivity index (χ2n) is 4.16. The lowest BCUT2D eigenvalue weighted by atomic mass is 10.1. The van der Waals surface area contributed by atoms with Gasteiger partial charge in [-0.15, -0.1) is 0 Å². The fourth-order valence-electron chi connectivity index (χ4n) is 1.89. The van der Waals surface area contributed by atoms with Crippen molar-refractivity contribution in [3.8, 4) is 0 Å². The predicted molar refractivity (Wildman–Crippen MR) is 62.2 cm³/mol. The number of amides is 1. The van der Waals surface area contributed by atoms with Crippen molar-refractivity contribution >= 4 is 11.9 Å². The molecule has 0 aliphatic carbocycles. The van der Waals surface area contributed by atoms with Gasteiger partial charge in [0, 0.05) is 12.3 Å². The zero-order valence-electron chi connectivity index (χ0n) is 9.92. The minimum atomic E-state index is -1.06. The molecule has 18 heavy (non-hydrogen) atoms. The van der Waals surface area contributed by atoms with Crippen LogP contribution in [0.1, 0.15) is 22.6 Å². The number of nitrogens with one attached hydrogen (secondary N) is 1. The summed E-state index contributed by atoms with van der Waals surface area (Å²) in [6, 6.07) is 4.61. The molecular weight excluding hydrogens is 236 g/mol. The number of carbonyl (C=O) groups excluding carboxylic acids is 1. The van der Waals surface area contributed by atoms with Crippen molar-refractivity contribution < 1.29 is 19.4 Å². The van der Waals surface area contributed by atoms with Crippen molar-refractivity contribution in [1.29, 1.82) is 0 Å². The van der Waals surface area contributed by atoms with E-state index in [9.17, 15) is 9.59 Å². The normalized spacial score (nSPS) is 22.7.